The molecule has 0 radical (unpaired) electrons. The molecule has 3 rings (SSSR count). The van der Waals surface area contributed by atoms with Gasteiger partial charge in [-0.25, -0.2) is 0 Å². The molecule has 2 N–H and O–H groups in total. The summed E-state index contributed by atoms with van der Waals surface area (Å²) in [5, 5.41) is 5.47. The van der Waals surface area contributed by atoms with Crippen molar-refractivity contribution in [1.82, 2.24) is 14.8 Å². The van der Waals surface area contributed by atoms with E-state index in [1.807, 2.05) is 61.5 Å². The number of anilines is 1. The Bertz CT molecular complexity index is 1100. The van der Waals surface area contributed by atoms with Crippen LogP contribution in [0.2, 0.25) is 5.02 Å². The van der Waals surface area contributed by atoms with Crippen molar-refractivity contribution in [2.45, 2.75) is 19.9 Å². The lowest BCUT2D eigenvalue weighted by atomic mass is 10.1. The molecular weight excluding hydrogens is 416 g/mol. The van der Waals surface area contributed by atoms with E-state index in [0.29, 0.717) is 28.8 Å². The summed E-state index contributed by atoms with van der Waals surface area (Å²) in [5.41, 5.74) is 3.50. The minimum absolute atomic E-state index is 0.0906. The van der Waals surface area contributed by atoms with E-state index in [2.05, 4.69) is 28.2 Å². The van der Waals surface area contributed by atoms with Gasteiger partial charge >= 0.3 is 0 Å². The summed E-state index contributed by atoms with van der Waals surface area (Å²) in [6, 6.07) is 15.5. The van der Waals surface area contributed by atoms with Gasteiger partial charge < -0.3 is 20.1 Å². The van der Waals surface area contributed by atoms with Crippen molar-refractivity contribution >= 4 is 45.5 Å². The van der Waals surface area contributed by atoms with Crippen molar-refractivity contribution < 1.29 is 0 Å². The molecule has 0 aliphatic rings. The number of fused-ring (bicyclic) bond motifs is 1. The molecule has 1 heterocycles. The van der Waals surface area contributed by atoms with E-state index in [4.69, 9.17) is 23.8 Å². The number of hydrogen-bond donors (Lipinski definition) is 2. The maximum Gasteiger partial charge on any atom is 0.253 e. The van der Waals surface area contributed by atoms with Crippen LogP contribution in [0.15, 0.2) is 53.3 Å². The Labute approximate surface area is 187 Å². The summed E-state index contributed by atoms with van der Waals surface area (Å²) >= 11 is 11.8. The minimum Gasteiger partial charge on any atom is -0.343 e. The number of H-pyrrole nitrogens is 1. The molecule has 0 amide bonds. The molecule has 2 aromatic carbocycles. The summed E-state index contributed by atoms with van der Waals surface area (Å²) < 4.78 is 0. The molecule has 158 valence electrons. The molecule has 3 aromatic rings. The molecule has 0 aliphatic heterocycles. The number of aryl methyl sites for hydroxylation is 1. The van der Waals surface area contributed by atoms with Gasteiger partial charge in [-0.3, -0.25) is 4.79 Å². The van der Waals surface area contributed by atoms with Gasteiger partial charge in [0.05, 0.1) is 6.54 Å². The second-order valence-electron chi connectivity index (χ2n) is 7.56. The Kier molecular flexibility index (Phi) is 7.48. The molecule has 7 heteroatoms. The van der Waals surface area contributed by atoms with E-state index in [9.17, 15) is 4.79 Å². The number of hydrogen-bond acceptors (Lipinski definition) is 3. The fourth-order valence-corrected chi connectivity index (χ4v) is 3.65. The number of rotatable bonds is 7. The molecule has 0 atom stereocenters. The molecule has 0 spiro atoms. The first-order valence-corrected chi connectivity index (χ1v) is 10.8. The van der Waals surface area contributed by atoms with E-state index in [1.165, 1.54) is 5.56 Å². The summed E-state index contributed by atoms with van der Waals surface area (Å²) in [5.74, 6) is 0. The quantitative estimate of drug-likeness (QED) is 0.527. The first-order valence-electron chi connectivity index (χ1n) is 9.96. The third-order valence-electron chi connectivity index (χ3n) is 4.94. The second kappa shape index (κ2) is 10.1. The molecule has 0 unspecified atom stereocenters. The maximum absolute atomic E-state index is 12.7. The lowest BCUT2D eigenvalue weighted by Gasteiger charge is -2.27. The highest BCUT2D eigenvalue weighted by Gasteiger charge is 2.14. The number of aromatic nitrogens is 1. The van der Waals surface area contributed by atoms with E-state index in [0.717, 1.165) is 29.6 Å². The average molecular weight is 443 g/mol. The molecule has 0 aliphatic carbocycles. The fourth-order valence-electron chi connectivity index (χ4n) is 3.19. The van der Waals surface area contributed by atoms with Crippen LogP contribution in [-0.4, -0.2) is 47.1 Å². The number of pyridine rings is 1. The zero-order chi connectivity index (χ0) is 21.7. The van der Waals surface area contributed by atoms with Gasteiger partial charge in [-0.2, -0.15) is 0 Å². The van der Waals surface area contributed by atoms with Gasteiger partial charge in [0.25, 0.3) is 5.56 Å². The molecule has 30 heavy (non-hydrogen) atoms. The van der Waals surface area contributed by atoms with Crippen molar-refractivity contribution in [3.63, 3.8) is 0 Å². The Morgan fingerprint density at radius 3 is 2.63 bits per heavy atom. The fraction of sp³-hybridized carbons (Fsp3) is 0.304. The van der Waals surface area contributed by atoms with Crippen LogP contribution in [0.4, 0.5) is 5.69 Å². The lowest BCUT2D eigenvalue weighted by molar-refractivity contribution is 0.327. The van der Waals surface area contributed by atoms with E-state index in [-0.39, 0.29) is 5.56 Å². The van der Waals surface area contributed by atoms with Crippen molar-refractivity contribution in [3.8, 4) is 0 Å². The molecule has 0 saturated heterocycles. The standard InChI is InChI=1S/C23H27ClN4OS/c1-4-16-8-9-21-17(12-16)13-18(22(29)26-21)15-28(11-10-27(2)3)23(30)25-20-7-5-6-19(24)14-20/h5-9,12-14H,4,10-11,15H2,1-3H3,(H,25,30)(H,26,29). The Morgan fingerprint density at radius 2 is 1.93 bits per heavy atom. The Balaban J connectivity index is 1.87. The van der Waals surface area contributed by atoms with Gasteiger partial charge in [-0.15, -0.1) is 0 Å². The van der Waals surface area contributed by atoms with Crippen molar-refractivity contribution in [2.24, 2.45) is 0 Å². The smallest absolute Gasteiger partial charge is 0.253 e. The zero-order valence-electron chi connectivity index (χ0n) is 17.5. The Hall–Kier alpha value is -2.41. The molecule has 1 aromatic heterocycles. The van der Waals surface area contributed by atoms with E-state index in [1.54, 1.807) is 0 Å². The van der Waals surface area contributed by atoms with E-state index >= 15 is 0 Å². The Morgan fingerprint density at radius 1 is 1.13 bits per heavy atom. The number of likely N-dealkylation sites (N-methyl/N-ethyl adjacent to an activating group) is 1. The van der Waals surface area contributed by atoms with Crippen LogP contribution in [0.5, 0.6) is 0 Å². The van der Waals surface area contributed by atoms with Crippen LogP contribution < -0.4 is 10.9 Å². The largest absolute Gasteiger partial charge is 0.343 e. The predicted molar refractivity (Wildman–Crippen MR) is 131 cm³/mol. The minimum atomic E-state index is -0.0906. The van der Waals surface area contributed by atoms with Gasteiger partial charge in [0, 0.05) is 34.9 Å². The van der Waals surface area contributed by atoms with Gasteiger partial charge in [-0.05, 0) is 80.1 Å². The average Bonchev–Trinajstić information content (AvgIpc) is 2.70. The van der Waals surface area contributed by atoms with Crippen LogP contribution in [0.25, 0.3) is 10.9 Å². The highest BCUT2D eigenvalue weighted by atomic mass is 35.5. The number of benzene rings is 2. The number of nitrogens with zero attached hydrogens (tertiary/aromatic N) is 2. The van der Waals surface area contributed by atoms with Gasteiger partial charge in [0.15, 0.2) is 5.11 Å². The number of nitrogens with one attached hydrogen (secondary N) is 2. The van der Waals surface area contributed by atoms with Crippen LogP contribution in [0.3, 0.4) is 0 Å². The van der Waals surface area contributed by atoms with Crippen LogP contribution in [0.1, 0.15) is 18.1 Å². The van der Waals surface area contributed by atoms with Crippen LogP contribution in [-0.2, 0) is 13.0 Å². The van der Waals surface area contributed by atoms with Crippen molar-refractivity contribution in [2.75, 3.05) is 32.5 Å². The molecule has 0 fully saturated rings. The first kappa shape index (κ1) is 22.3. The zero-order valence-corrected chi connectivity index (χ0v) is 19.1. The van der Waals surface area contributed by atoms with Gasteiger partial charge in [-0.1, -0.05) is 30.7 Å². The number of thiocarbonyl (C=S) groups is 1. The molecule has 0 saturated carbocycles. The van der Waals surface area contributed by atoms with Crippen molar-refractivity contribution in [3.05, 3.63) is 75.0 Å². The third-order valence-corrected chi connectivity index (χ3v) is 5.53. The van der Waals surface area contributed by atoms with Crippen molar-refractivity contribution in [1.29, 1.82) is 0 Å². The number of aromatic amines is 1. The molecular formula is C23H27ClN4OS. The predicted octanol–water partition coefficient (Wildman–Crippen LogP) is 4.50. The van der Waals surface area contributed by atoms with E-state index < -0.39 is 0 Å². The van der Waals surface area contributed by atoms with Crippen LogP contribution >= 0.6 is 23.8 Å². The highest BCUT2D eigenvalue weighted by Crippen LogP contribution is 2.17. The third kappa shape index (κ3) is 5.81. The highest BCUT2D eigenvalue weighted by molar-refractivity contribution is 7.80. The first-order chi connectivity index (χ1) is 14.4. The normalized spacial score (nSPS) is 11.1. The van der Waals surface area contributed by atoms with Gasteiger partial charge in [0.2, 0.25) is 0 Å². The number of halogens is 1. The molecule has 5 nitrogen and oxygen atoms in total. The topological polar surface area (TPSA) is 51.4 Å². The van der Waals surface area contributed by atoms with Gasteiger partial charge in [0.1, 0.15) is 0 Å². The summed E-state index contributed by atoms with van der Waals surface area (Å²) in [6.07, 6.45) is 0.951. The summed E-state index contributed by atoms with van der Waals surface area (Å²) in [4.78, 5) is 19.8. The lowest BCUT2D eigenvalue weighted by Crippen LogP contribution is -2.40. The van der Waals surface area contributed by atoms with Crippen LogP contribution in [0, 0.1) is 0 Å². The maximum atomic E-state index is 12.7. The SMILES string of the molecule is CCc1ccc2[nH]c(=O)c(CN(CCN(C)C)C(=S)Nc3cccc(Cl)c3)cc2c1. The molecule has 0 bridgehead atoms. The monoisotopic (exact) mass is 442 g/mol. The summed E-state index contributed by atoms with van der Waals surface area (Å²) in [7, 11) is 4.03. The summed E-state index contributed by atoms with van der Waals surface area (Å²) in [6.45, 7) is 4.03. The second-order valence-corrected chi connectivity index (χ2v) is 8.39.